The van der Waals surface area contributed by atoms with Crippen molar-refractivity contribution in [2.45, 2.75) is 13.5 Å². The van der Waals surface area contributed by atoms with Gasteiger partial charge in [-0.25, -0.2) is 9.79 Å². The minimum Gasteiger partial charge on any atom is -0.493 e. The van der Waals surface area contributed by atoms with Crippen molar-refractivity contribution in [2.24, 2.45) is 4.99 Å². The smallest absolute Gasteiger partial charge is 0.371 e. The predicted molar refractivity (Wildman–Crippen MR) is 130 cm³/mol. The average molecular weight is 499 g/mol. The van der Waals surface area contributed by atoms with Crippen LogP contribution in [0.5, 0.6) is 11.5 Å². The third kappa shape index (κ3) is 5.44. The number of aliphatic imine (C=N–C) groups is 1. The number of hydrogen-bond acceptors (Lipinski definition) is 7. The lowest BCUT2D eigenvalue weighted by Crippen LogP contribution is -2.19. The number of nitrogens with one attached hydrogen (secondary N) is 1. The molecule has 1 aromatic heterocycles. The molecule has 1 aliphatic heterocycles. The van der Waals surface area contributed by atoms with Crippen LogP contribution in [0.15, 0.2) is 62.8 Å². The Bertz CT molecular complexity index is 1330. The number of aryl methyl sites for hydroxylation is 1. The Kier molecular flexibility index (Phi) is 6.95. The maximum atomic E-state index is 12.4. The van der Waals surface area contributed by atoms with Crippen molar-refractivity contribution in [3.63, 3.8) is 0 Å². The molecule has 1 saturated heterocycles. The Labute approximate surface area is 204 Å². The van der Waals surface area contributed by atoms with Gasteiger partial charge in [-0.3, -0.25) is 4.79 Å². The molecule has 0 atom stereocenters. The lowest BCUT2D eigenvalue weighted by atomic mass is 10.2. The molecule has 0 unspecified atom stereocenters. The number of carboxylic acids is 1. The molecular weight excluding hydrogens is 480 g/mol. The molecular formula is C24H19ClN2O6S. The van der Waals surface area contributed by atoms with Crippen molar-refractivity contribution >= 4 is 52.2 Å². The van der Waals surface area contributed by atoms with Crippen molar-refractivity contribution in [3.8, 4) is 11.5 Å². The lowest BCUT2D eigenvalue weighted by molar-refractivity contribution is -0.115. The normalized spacial score (nSPS) is 15.6. The van der Waals surface area contributed by atoms with E-state index in [4.69, 9.17) is 30.6 Å². The lowest BCUT2D eigenvalue weighted by Gasteiger charge is -2.10. The molecule has 174 valence electrons. The Morgan fingerprint density at radius 2 is 2.03 bits per heavy atom. The zero-order chi connectivity index (χ0) is 24.2. The van der Waals surface area contributed by atoms with Crippen LogP contribution in [0.25, 0.3) is 6.08 Å². The largest absolute Gasteiger partial charge is 0.493 e. The molecule has 10 heteroatoms. The average Bonchev–Trinajstić information content (AvgIpc) is 3.42. The van der Waals surface area contributed by atoms with Gasteiger partial charge in [-0.05, 0) is 72.3 Å². The molecule has 3 aromatic rings. The zero-order valence-corrected chi connectivity index (χ0v) is 19.7. The molecule has 4 rings (SSSR count). The van der Waals surface area contributed by atoms with Crippen molar-refractivity contribution in [2.75, 3.05) is 7.11 Å². The molecule has 0 saturated carbocycles. The number of ether oxygens (including phenoxy) is 2. The van der Waals surface area contributed by atoms with Gasteiger partial charge in [0.05, 0.1) is 17.7 Å². The molecule has 8 nitrogen and oxygen atoms in total. The number of carbonyl (C=O) groups is 2. The first-order valence-electron chi connectivity index (χ1n) is 10.0. The van der Waals surface area contributed by atoms with E-state index in [-0.39, 0.29) is 18.3 Å². The van der Waals surface area contributed by atoms with E-state index in [1.807, 2.05) is 13.0 Å². The first-order valence-corrected chi connectivity index (χ1v) is 11.2. The molecule has 1 fully saturated rings. The van der Waals surface area contributed by atoms with Crippen molar-refractivity contribution in [1.82, 2.24) is 5.32 Å². The molecule has 0 spiro atoms. The van der Waals surface area contributed by atoms with Crippen LogP contribution in [0.2, 0.25) is 5.02 Å². The molecule has 34 heavy (non-hydrogen) atoms. The van der Waals surface area contributed by atoms with Gasteiger partial charge in [-0.15, -0.1) is 0 Å². The predicted octanol–water partition coefficient (Wildman–Crippen LogP) is 5.42. The number of hydrogen-bond donors (Lipinski definition) is 2. The van der Waals surface area contributed by atoms with Crippen molar-refractivity contribution in [1.29, 1.82) is 0 Å². The summed E-state index contributed by atoms with van der Waals surface area (Å²) in [6.45, 7) is 1.95. The summed E-state index contributed by atoms with van der Waals surface area (Å²) in [4.78, 5) is 28.4. The maximum absolute atomic E-state index is 12.4. The fraction of sp³-hybridized carbons (Fsp3) is 0.125. The Hall–Kier alpha value is -3.69. The number of aromatic carboxylic acids is 1. The van der Waals surface area contributed by atoms with Crippen LogP contribution >= 0.6 is 23.4 Å². The van der Waals surface area contributed by atoms with Crippen LogP contribution in [0.4, 0.5) is 5.69 Å². The summed E-state index contributed by atoms with van der Waals surface area (Å²) in [6, 6.07) is 13.5. The summed E-state index contributed by atoms with van der Waals surface area (Å²) < 4.78 is 16.3. The molecule has 0 bridgehead atoms. The number of nitrogens with zero attached hydrogens (tertiary/aromatic N) is 1. The molecule has 2 N–H and O–H groups in total. The van der Waals surface area contributed by atoms with E-state index in [1.54, 1.807) is 36.4 Å². The van der Waals surface area contributed by atoms with E-state index >= 15 is 0 Å². The standard InChI is InChI=1S/C24H19ClN2O6S/c1-13-3-5-15(25)11-17(13)26-24-27-22(28)21(34-24)10-14-4-7-18(20(9-14)31-2)32-12-16-6-8-19(33-16)23(29)30/h3-11H,12H2,1-2H3,(H,29,30)(H,26,27,28)/b21-10-. The van der Waals surface area contributed by atoms with Crippen molar-refractivity contribution in [3.05, 3.63) is 81.1 Å². The van der Waals surface area contributed by atoms with Gasteiger partial charge < -0.3 is 24.3 Å². The van der Waals surface area contributed by atoms with Crippen LogP contribution in [0, 0.1) is 6.92 Å². The second-order valence-electron chi connectivity index (χ2n) is 7.18. The third-order valence-electron chi connectivity index (χ3n) is 4.77. The second-order valence-corrected chi connectivity index (χ2v) is 8.65. The van der Waals surface area contributed by atoms with Crippen LogP contribution < -0.4 is 14.8 Å². The number of thioether (sulfide) groups is 1. The summed E-state index contributed by atoms with van der Waals surface area (Å²) in [5, 5.41) is 12.7. The van der Waals surface area contributed by atoms with E-state index in [2.05, 4.69) is 10.3 Å². The van der Waals surface area contributed by atoms with Gasteiger partial charge in [-0.2, -0.15) is 0 Å². The molecule has 2 heterocycles. The summed E-state index contributed by atoms with van der Waals surface area (Å²) in [7, 11) is 1.50. The van der Waals surface area contributed by atoms with E-state index in [9.17, 15) is 9.59 Å². The summed E-state index contributed by atoms with van der Waals surface area (Å²) in [5.74, 6) is -0.299. The topological polar surface area (TPSA) is 110 Å². The van der Waals surface area contributed by atoms with Gasteiger partial charge >= 0.3 is 5.97 Å². The molecule has 1 aliphatic rings. The number of benzene rings is 2. The SMILES string of the molecule is COc1cc(/C=C2\SC(=Nc3cc(Cl)ccc3C)NC2=O)ccc1OCc1ccc(C(=O)O)o1. The van der Waals surface area contributed by atoms with Gasteiger partial charge in [0.25, 0.3) is 5.91 Å². The number of methoxy groups -OCH3 is 1. The Morgan fingerprint density at radius 1 is 1.21 bits per heavy atom. The number of amides is 1. The van der Waals surface area contributed by atoms with Crippen molar-refractivity contribution < 1.29 is 28.6 Å². The van der Waals surface area contributed by atoms with E-state index in [0.717, 1.165) is 11.1 Å². The molecule has 2 aromatic carbocycles. The first kappa shape index (κ1) is 23.5. The monoisotopic (exact) mass is 498 g/mol. The fourth-order valence-corrected chi connectivity index (χ4v) is 4.06. The Morgan fingerprint density at radius 3 is 2.76 bits per heavy atom. The summed E-state index contributed by atoms with van der Waals surface area (Å²) in [6.07, 6.45) is 1.73. The molecule has 0 radical (unpaired) electrons. The van der Waals surface area contributed by atoms with Gasteiger partial charge in [0.1, 0.15) is 12.4 Å². The zero-order valence-electron chi connectivity index (χ0n) is 18.1. The second kappa shape index (κ2) is 10.1. The van der Waals surface area contributed by atoms with Gasteiger partial charge in [0, 0.05) is 5.02 Å². The third-order valence-corrected chi connectivity index (χ3v) is 5.92. The minimum absolute atomic E-state index is 0.0328. The summed E-state index contributed by atoms with van der Waals surface area (Å²) >= 11 is 7.28. The summed E-state index contributed by atoms with van der Waals surface area (Å²) in [5.41, 5.74) is 2.36. The van der Waals surface area contributed by atoms with Crippen LogP contribution in [-0.4, -0.2) is 29.3 Å². The van der Waals surface area contributed by atoms with E-state index in [0.29, 0.717) is 38.0 Å². The number of carbonyl (C=O) groups excluding carboxylic acids is 1. The number of rotatable bonds is 7. The van der Waals surface area contributed by atoms with E-state index in [1.165, 1.54) is 31.0 Å². The first-order chi connectivity index (χ1) is 16.3. The quantitative estimate of drug-likeness (QED) is 0.418. The number of furan rings is 1. The van der Waals surface area contributed by atoms with Crippen LogP contribution in [-0.2, 0) is 11.4 Å². The van der Waals surface area contributed by atoms with Gasteiger partial charge in [0.2, 0.25) is 5.76 Å². The van der Waals surface area contributed by atoms with Crippen LogP contribution in [0.1, 0.15) is 27.4 Å². The van der Waals surface area contributed by atoms with Crippen LogP contribution in [0.3, 0.4) is 0 Å². The van der Waals surface area contributed by atoms with E-state index < -0.39 is 5.97 Å². The molecule has 0 aliphatic carbocycles. The highest BCUT2D eigenvalue weighted by Crippen LogP contribution is 2.33. The number of carboxylic acid groups (broad SMARTS) is 1. The highest BCUT2D eigenvalue weighted by Gasteiger charge is 2.24. The highest BCUT2D eigenvalue weighted by molar-refractivity contribution is 8.18. The number of halogens is 1. The Balaban J connectivity index is 1.49. The molecule has 1 amide bonds. The van der Waals surface area contributed by atoms with Gasteiger partial charge in [0.15, 0.2) is 16.7 Å². The fourth-order valence-electron chi connectivity index (χ4n) is 3.06. The minimum atomic E-state index is -1.15. The highest BCUT2D eigenvalue weighted by atomic mass is 35.5. The maximum Gasteiger partial charge on any atom is 0.371 e. The van der Waals surface area contributed by atoms with Gasteiger partial charge in [-0.1, -0.05) is 23.7 Å². The number of amidine groups is 1.